The van der Waals surface area contributed by atoms with Crippen LogP contribution in [0.5, 0.6) is 0 Å². The van der Waals surface area contributed by atoms with Crippen LogP contribution in [0.3, 0.4) is 0 Å². The maximum atomic E-state index is 11.4. The molecular formula is C13H19N3O. The summed E-state index contributed by atoms with van der Waals surface area (Å²) in [6.45, 7) is 2.28. The minimum atomic E-state index is -0.252. The van der Waals surface area contributed by atoms with Crippen molar-refractivity contribution >= 4 is 5.91 Å². The Balaban J connectivity index is 2.17. The number of rotatable bonds is 2. The summed E-state index contributed by atoms with van der Waals surface area (Å²) in [7, 11) is 0. The zero-order valence-electron chi connectivity index (χ0n) is 10.1. The Morgan fingerprint density at radius 1 is 1.53 bits per heavy atom. The smallest absolute Gasteiger partial charge is 0.265 e. The number of nitrogens with two attached hydrogens (primary N) is 1. The summed E-state index contributed by atoms with van der Waals surface area (Å²) in [5.74, 6) is 6.12. The zero-order valence-corrected chi connectivity index (χ0v) is 10.1. The van der Waals surface area contributed by atoms with Crippen LogP contribution in [-0.4, -0.2) is 10.9 Å². The van der Waals surface area contributed by atoms with Crippen LogP contribution in [0.25, 0.3) is 0 Å². The third-order valence-corrected chi connectivity index (χ3v) is 3.53. The summed E-state index contributed by atoms with van der Waals surface area (Å²) in [5.41, 5.74) is 3.77. The summed E-state index contributed by atoms with van der Waals surface area (Å²) >= 11 is 0. The Morgan fingerprint density at radius 2 is 2.35 bits per heavy atom. The van der Waals surface area contributed by atoms with Gasteiger partial charge in [-0.1, -0.05) is 19.8 Å². The van der Waals surface area contributed by atoms with Crippen LogP contribution in [0, 0.1) is 5.92 Å². The fourth-order valence-corrected chi connectivity index (χ4v) is 2.60. The third-order valence-electron chi connectivity index (χ3n) is 3.53. The van der Waals surface area contributed by atoms with Crippen LogP contribution in [-0.2, 0) is 0 Å². The van der Waals surface area contributed by atoms with Gasteiger partial charge in [0.1, 0.15) is 0 Å². The molecule has 2 unspecified atom stereocenters. The molecular weight excluding hydrogens is 214 g/mol. The molecule has 4 nitrogen and oxygen atoms in total. The molecule has 0 spiro atoms. The number of nitrogen functional groups attached to an aromatic ring is 1. The normalized spacial score (nSPS) is 24.4. The van der Waals surface area contributed by atoms with E-state index in [4.69, 9.17) is 5.84 Å². The molecule has 92 valence electrons. The second kappa shape index (κ2) is 5.27. The molecule has 0 radical (unpaired) electrons. The number of pyridine rings is 1. The number of hydrazine groups is 1. The van der Waals surface area contributed by atoms with Crippen LogP contribution in [0.1, 0.15) is 54.6 Å². The van der Waals surface area contributed by atoms with Crippen molar-refractivity contribution in [1.29, 1.82) is 0 Å². The van der Waals surface area contributed by atoms with Gasteiger partial charge >= 0.3 is 0 Å². The van der Waals surface area contributed by atoms with Crippen molar-refractivity contribution in [3.05, 3.63) is 29.6 Å². The average molecular weight is 233 g/mol. The number of carbonyl (C=O) groups excluding carboxylic acids is 1. The van der Waals surface area contributed by atoms with E-state index >= 15 is 0 Å². The van der Waals surface area contributed by atoms with Crippen molar-refractivity contribution < 1.29 is 4.79 Å². The van der Waals surface area contributed by atoms with E-state index in [1.165, 1.54) is 25.7 Å². The van der Waals surface area contributed by atoms with Gasteiger partial charge in [0.2, 0.25) is 0 Å². The molecule has 1 saturated carbocycles. The van der Waals surface area contributed by atoms with Gasteiger partial charge in [-0.15, -0.1) is 0 Å². The summed E-state index contributed by atoms with van der Waals surface area (Å²) in [6.07, 6.45) is 6.59. The van der Waals surface area contributed by atoms with E-state index in [0.29, 0.717) is 11.5 Å². The Kier molecular flexibility index (Phi) is 3.74. The number of aromatic nitrogens is 1. The zero-order chi connectivity index (χ0) is 12.3. The topological polar surface area (TPSA) is 68.0 Å². The molecule has 2 rings (SSSR count). The first-order chi connectivity index (χ1) is 8.20. The highest BCUT2D eigenvalue weighted by atomic mass is 16.2. The van der Waals surface area contributed by atoms with Crippen molar-refractivity contribution in [2.75, 3.05) is 0 Å². The highest BCUT2D eigenvalue weighted by Crippen LogP contribution is 2.35. The number of hydrogen-bond acceptors (Lipinski definition) is 3. The van der Waals surface area contributed by atoms with E-state index in [1.54, 1.807) is 12.3 Å². The van der Waals surface area contributed by atoms with Gasteiger partial charge in [-0.2, -0.15) is 0 Å². The van der Waals surface area contributed by atoms with E-state index in [1.807, 2.05) is 6.07 Å². The Bertz CT molecular complexity index is 405. The molecule has 1 amide bonds. The first-order valence-corrected chi connectivity index (χ1v) is 6.17. The quantitative estimate of drug-likeness (QED) is 0.466. The molecule has 1 fully saturated rings. The predicted octanol–water partition coefficient (Wildman–Crippen LogP) is 1.98. The summed E-state index contributed by atoms with van der Waals surface area (Å²) in [5, 5.41) is 0. The maximum absolute atomic E-state index is 11.4. The number of nitrogens with zero attached hydrogens (tertiary/aromatic N) is 1. The molecule has 0 saturated heterocycles. The van der Waals surface area contributed by atoms with Crippen molar-refractivity contribution in [3.8, 4) is 0 Å². The lowest BCUT2D eigenvalue weighted by Crippen LogP contribution is -2.30. The molecule has 0 bridgehead atoms. The van der Waals surface area contributed by atoms with E-state index in [-0.39, 0.29) is 5.91 Å². The lowest BCUT2D eigenvalue weighted by Gasteiger charge is -2.26. The molecule has 1 aromatic rings. The van der Waals surface area contributed by atoms with Gasteiger partial charge in [0.05, 0.1) is 0 Å². The lowest BCUT2D eigenvalue weighted by atomic mass is 9.80. The maximum Gasteiger partial charge on any atom is 0.265 e. The third kappa shape index (κ3) is 2.82. The highest BCUT2D eigenvalue weighted by Gasteiger charge is 2.21. The molecule has 1 aromatic heterocycles. The molecule has 4 heteroatoms. The van der Waals surface area contributed by atoms with Crippen LogP contribution in [0.2, 0.25) is 0 Å². The van der Waals surface area contributed by atoms with Crippen molar-refractivity contribution in [3.63, 3.8) is 0 Å². The average Bonchev–Trinajstić information content (AvgIpc) is 2.38. The van der Waals surface area contributed by atoms with Crippen molar-refractivity contribution in [2.45, 2.75) is 38.5 Å². The SMILES string of the molecule is CC1CCCC(c2cc(C(=O)NN)ccn2)C1. The summed E-state index contributed by atoms with van der Waals surface area (Å²) < 4.78 is 0. The largest absolute Gasteiger partial charge is 0.290 e. The van der Waals surface area contributed by atoms with Gasteiger partial charge in [0, 0.05) is 23.4 Å². The van der Waals surface area contributed by atoms with Gasteiger partial charge in [0.15, 0.2) is 0 Å². The van der Waals surface area contributed by atoms with Gasteiger partial charge in [-0.25, -0.2) is 5.84 Å². The van der Waals surface area contributed by atoms with E-state index < -0.39 is 0 Å². The van der Waals surface area contributed by atoms with Gasteiger partial charge in [-0.05, 0) is 30.9 Å². The first-order valence-electron chi connectivity index (χ1n) is 6.17. The predicted molar refractivity (Wildman–Crippen MR) is 66.3 cm³/mol. The standard InChI is InChI=1S/C13H19N3O/c1-9-3-2-4-10(7-9)12-8-11(5-6-15-12)13(17)16-14/h5-6,8-10H,2-4,7,14H2,1H3,(H,16,17). The summed E-state index contributed by atoms with van der Waals surface area (Å²) in [6, 6.07) is 3.56. The Hall–Kier alpha value is -1.42. The van der Waals surface area contributed by atoms with Gasteiger partial charge < -0.3 is 0 Å². The molecule has 0 aromatic carbocycles. The van der Waals surface area contributed by atoms with Crippen LogP contribution in [0.15, 0.2) is 18.3 Å². The van der Waals surface area contributed by atoms with E-state index in [0.717, 1.165) is 11.6 Å². The molecule has 1 aliphatic carbocycles. The van der Waals surface area contributed by atoms with Crippen molar-refractivity contribution in [2.24, 2.45) is 11.8 Å². The fourth-order valence-electron chi connectivity index (χ4n) is 2.60. The van der Waals surface area contributed by atoms with Crippen LogP contribution >= 0.6 is 0 Å². The minimum absolute atomic E-state index is 0.252. The molecule has 17 heavy (non-hydrogen) atoms. The minimum Gasteiger partial charge on any atom is -0.290 e. The highest BCUT2D eigenvalue weighted by molar-refractivity contribution is 5.93. The number of amides is 1. The van der Waals surface area contributed by atoms with Crippen LogP contribution in [0.4, 0.5) is 0 Å². The van der Waals surface area contributed by atoms with E-state index in [2.05, 4.69) is 17.3 Å². The molecule has 0 aliphatic heterocycles. The lowest BCUT2D eigenvalue weighted by molar-refractivity contribution is 0.0953. The number of nitrogens with one attached hydrogen (secondary N) is 1. The van der Waals surface area contributed by atoms with Crippen molar-refractivity contribution in [1.82, 2.24) is 10.4 Å². The number of carbonyl (C=O) groups is 1. The monoisotopic (exact) mass is 233 g/mol. The number of hydrogen-bond donors (Lipinski definition) is 2. The second-order valence-corrected chi connectivity index (χ2v) is 4.91. The van der Waals surface area contributed by atoms with E-state index in [9.17, 15) is 4.79 Å². The summed E-state index contributed by atoms with van der Waals surface area (Å²) in [4.78, 5) is 15.8. The first kappa shape index (κ1) is 12.0. The molecule has 3 N–H and O–H groups in total. The molecule has 1 aliphatic rings. The molecule has 2 atom stereocenters. The van der Waals surface area contributed by atoms with Gasteiger partial charge in [-0.3, -0.25) is 15.2 Å². The van der Waals surface area contributed by atoms with Crippen LogP contribution < -0.4 is 11.3 Å². The Labute approximate surface area is 102 Å². The second-order valence-electron chi connectivity index (χ2n) is 4.91. The van der Waals surface area contributed by atoms with Gasteiger partial charge in [0.25, 0.3) is 5.91 Å². The Morgan fingerprint density at radius 3 is 3.06 bits per heavy atom. The fraction of sp³-hybridized carbons (Fsp3) is 0.538. The molecule has 1 heterocycles.